The van der Waals surface area contributed by atoms with E-state index in [9.17, 15) is 19.5 Å². The third-order valence-corrected chi connectivity index (χ3v) is 7.65. The first-order valence-electron chi connectivity index (χ1n) is 16.8. The van der Waals surface area contributed by atoms with Crippen LogP contribution in [0.25, 0.3) is 0 Å². The molecule has 1 unspecified atom stereocenters. The van der Waals surface area contributed by atoms with Crippen molar-refractivity contribution in [2.45, 2.75) is 187 Å². The van der Waals surface area contributed by atoms with Crippen molar-refractivity contribution in [1.82, 2.24) is 10.6 Å². The molecule has 6 heteroatoms. The molecule has 0 spiro atoms. The molecule has 0 aromatic rings. The molecule has 6 nitrogen and oxygen atoms in total. The number of carboxylic acids is 1. The SMILES string of the molecule is CCCCCCCCCCCCCCCC(=O)NCC(NC(=O)CCCCCCCCCCCCC)C(=O)O. The van der Waals surface area contributed by atoms with E-state index < -0.39 is 12.0 Å². The minimum absolute atomic E-state index is 0.0589. The van der Waals surface area contributed by atoms with Gasteiger partial charge in [0.1, 0.15) is 6.04 Å². The minimum atomic E-state index is -1.11. The zero-order chi connectivity index (χ0) is 28.8. The lowest BCUT2D eigenvalue weighted by molar-refractivity contribution is -0.141. The van der Waals surface area contributed by atoms with Crippen LogP contribution in [0.1, 0.15) is 181 Å². The van der Waals surface area contributed by atoms with Crippen molar-refractivity contribution in [3.63, 3.8) is 0 Å². The number of rotatable bonds is 30. The van der Waals surface area contributed by atoms with Crippen LogP contribution in [-0.4, -0.2) is 35.5 Å². The topological polar surface area (TPSA) is 95.5 Å². The van der Waals surface area contributed by atoms with E-state index in [0.717, 1.165) is 38.5 Å². The molecule has 39 heavy (non-hydrogen) atoms. The summed E-state index contributed by atoms with van der Waals surface area (Å²) in [4.78, 5) is 35.8. The average molecular weight is 553 g/mol. The zero-order valence-corrected chi connectivity index (χ0v) is 25.8. The molecule has 3 N–H and O–H groups in total. The van der Waals surface area contributed by atoms with E-state index in [4.69, 9.17) is 0 Å². The largest absolute Gasteiger partial charge is 0.480 e. The molecule has 0 saturated carbocycles. The highest BCUT2D eigenvalue weighted by atomic mass is 16.4. The van der Waals surface area contributed by atoms with Crippen molar-refractivity contribution in [1.29, 1.82) is 0 Å². The predicted molar refractivity (Wildman–Crippen MR) is 164 cm³/mol. The predicted octanol–water partition coefficient (Wildman–Crippen LogP) is 8.85. The van der Waals surface area contributed by atoms with Crippen LogP contribution in [0.2, 0.25) is 0 Å². The van der Waals surface area contributed by atoms with Crippen LogP contribution in [-0.2, 0) is 14.4 Å². The summed E-state index contributed by atoms with van der Waals surface area (Å²) in [5.74, 6) is -1.49. The number of nitrogens with one attached hydrogen (secondary N) is 2. The first kappa shape index (κ1) is 37.4. The number of aliphatic carboxylic acids is 1. The Balaban J connectivity index is 3.68. The Kier molecular flexibility index (Phi) is 28.2. The van der Waals surface area contributed by atoms with E-state index in [1.807, 2.05) is 0 Å². The van der Waals surface area contributed by atoms with E-state index in [1.54, 1.807) is 0 Å². The van der Waals surface area contributed by atoms with Gasteiger partial charge in [-0.25, -0.2) is 4.79 Å². The lowest BCUT2D eigenvalue weighted by atomic mass is 10.0. The number of unbranched alkanes of at least 4 members (excludes halogenated alkanes) is 22. The highest BCUT2D eigenvalue weighted by Gasteiger charge is 2.20. The fourth-order valence-electron chi connectivity index (χ4n) is 5.02. The van der Waals surface area contributed by atoms with E-state index >= 15 is 0 Å². The molecule has 0 heterocycles. The molecule has 2 amide bonds. The Morgan fingerprint density at radius 3 is 1.13 bits per heavy atom. The van der Waals surface area contributed by atoms with Crippen molar-refractivity contribution in [2.24, 2.45) is 0 Å². The Labute approximate surface area is 241 Å². The summed E-state index contributed by atoms with van der Waals surface area (Å²) in [7, 11) is 0. The lowest BCUT2D eigenvalue weighted by Gasteiger charge is -2.15. The third-order valence-electron chi connectivity index (χ3n) is 7.65. The number of carbonyl (C=O) groups excluding carboxylic acids is 2. The molecule has 0 fully saturated rings. The number of amides is 2. The maximum atomic E-state index is 12.2. The lowest BCUT2D eigenvalue weighted by Crippen LogP contribution is -2.48. The first-order valence-corrected chi connectivity index (χ1v) is 16.8. The molecule has 0 aliphatic carbocycles. The molecule has 0 aliphatic rings. The van der Waals surface area contributed by atoms with Crippen molar-refractivity contribution in [3.8, 4) is 0 Å². The Bertz CT molecular complexity index is 582. The molecular formula is C33H64N2O4. The summed E-state index contributed by atoms with van der Waals surface area (Å²) >= 11 is 0. The maximum Gasteiger partial charge on any atom is 0.328 e. The van der Waals surface area contributed by atoms with Crippen molar-refractivity contribution in [3.05, 3.63) is 0 Å². The monoisotopic (exact) mass is 552 g/mol. The summed E-state index contributed by atoms with van der Waals surface area (Å²) in [6.45, 7) is 4.43. The number of carbonyl (C=O) groups is 3. The zero-order valence-electron chi connectivity index (χ0n) is 25.8. The van der Waals surface area contributed by atoms with Gasteiger partial charge in [0.2, 0.25) is 11.8 Å². The minimum Gasteiger partial charge on any atom is -0.480 e. The van der Waals surface area contributed by atoms with Gasteiger partial charge in [-0.1, -0.05) is 155 Å². The van der Waals surface area contributed by atoms with E-state index in [1.165, 1.54) is 116 Å². The fraction of sp³-hybridized carbons (Fsp3) is 0.909. The van der Waals surface area contributed by atoms with Crippen molar-refractivity contribution < 1.29 is 19.5 Å². The summed E-state index contributed by atoms with van der Waals surface area (Å²) in [5.41, 5.74) is 0. The van der Waals surface area contributed by atoms with Gasteiger partial charge in [0, 0.05) is 19.4 Å². The van der Waals surface area contributed by atoms with Crippen LogP contribution in [0.4, 0.5) is 0 Å². The van der Waals surface area contributed by atoms with Gasteiger partial charge in [-0.15, -0.1) is 0 Å². The van der Waals surface area contributed by atoms with Crippen molar-refractivity contribution in [2.75, 3.05) is 6.54 Å². The standard InChI is InChI=1S/C33H64N2O4/c1-3-5-7-9-11-13-15-16-18-19-21-23-25-27-31(36)34-29-30(33(38)39)35-32(37)28-26-24-22-20-17-14-12-10-8-6-4-2/h30H,3-29H2,1-2H3,(H,34,36)(H,35,37)(H,38,39). The maximum absolute atomic E-state index is 12.2. The Morgan fingerprint density at radius 2 is 0.795 bits per heavy atom. The van der Waals surface area contributed by atoms with E-state index in [2.05, 4.69) is 24.5 Å². The molecule has 230 valence electrons. The van der Waals surface area contributed by atoms with Gasteiger partial charge in [0.05, 0.1) is 0 Å². The second-order valence-electron chi connectivity index (χ2n) is 11.5. The van der Waals surface area contributed by atoms with Gasteiger partial charge in [0.15, 0.2) is 0 Å². The molecule has 0 radical (unpaired) electrons. The van der Waals surface area contributed by atoms with E-state index in [0.29, 0.717) is 12.8 Å². The smallest absolute Gasteiger partial charge is 0.328 e. The Hall–Kier alpha value is -1.59. The van der Waals surface area contributed by atoms with E-state index in [-0.39, 0.29) is 18.4 Å². The average Bonchev–Trinajstić information content (AvgIpc) is 2.92. The number of hydrogen-bond acceptors (Lipinski definition) is 3. The summed E-state index contributed by atoms with van der Waals surface area (Å²) < 4.78 is 0. The van der Waals surface area contributed by atoms with Gasteiger partial charge in [-0.2, -0.15) is 0 Å². The van der Waals surface area contributed by atoms with Gasteiger partial charge in [-0.3, -0.25) is 9.59 Å². The second kappa shape index (κ2) is 29.4. The van der Waals surface area contributed by atoms with Crippen LogP contribution in [0, 0.1) is 0 Å². The molecule has 0 saturated heterocycles. The molecule has 0 bridgehead atoms. The summed E-state index contributed by atoms with van der Waals surface area (Å²) in [6.07, 6.45) is 30.4. The normalized spacial score (nSPS) is 11.8. The molecule has 0 aliphatic heterocycles. The van der Waals surface area contributed by atoms with Crippen LogP contribution in [0.5, 0.6) is 0 Å². The van der Waals surface area contributed by atoms with Gasteiger partial charge >= 0.3 is 5.97 Å². The van der Waals surface area contributed by atoms with Crippen LogP contribution >= 0.6 is 0 Å². The highest BCUT2D eigenvalue weighted by molar-refractivity contribution is 5.84. The first-order chi connectivity index (χ1) is 19.0. The number of hydrogen-bond donors (Lipinski definition) is 3. The molecule has 0 aromatic carbocycles. The molecule has 1 atom stereocenters. The second-order valence-corrected chi connectivity index (χ2v) is 11.5. The Morgan fingerprint density at radius 1 is 0.487 bits per heavy atom. The fourth-order valence-corrected chi connectivity index (χ4v) is 5.02. The van der Waals surface area contributed by atoms with Gasteiger partial charge in [-0.05, 0) is 12.8 Å². The molecular weight excluding hydrogens is 488 g/mol. The van der Waals surface area contributed by atoms with Gasteiger partial charge < -0.3 is 15.7 Å². The van der Waals surface area contributed by atoms with Crippen molar-refractivity contribution >= 4 is 17.8 Å². The van der Waals surface area contributed by atoms with Crippen LogP contribution in [0.3, 0.4) is 0 Å². The summed E-state index contributed by atoms with van der Waals surface area (Å²) in [6, 6.07) is -1.07. The number of carboxylic acid groups (broad SMARTS) is 1. The van der Waals surface area contributed by atoms with Crippen LogP contribution in [0.15, 0.2) is 0 Å². The third kappa shape index (κ3) is 27.8. The van der Waals surface area contributed by atoms with Crippen LogP contribution < -0.4 is 10.6 Å². The quantitative estimate of drug-likeness (QED) is 0.0775. The summed E-state index contributed by atoms with van der Waals surface area (Å²) in [5, 5.41) is 14.7. The van der Waals surface area contributed by atoms with Gasteiger partial charge in [0.25, 0.3) is 0 Å². The molecule has 0 aromatic heterocycles. The highest BCUT2D eigenvalue weighted by Crippen LogP contribution is 2.13. The molecule has 0 rings (SSSR count).